The van der Waals surface area contributed by atoms with Crippen molar-refractivity contribution >= 4 is 12.2 Å². The average Bonchev–Trinajstić information content (AvgIpc) is 2.18. The Labute approximate surface area is 83.2 Å². The Morgan fingerprint density at radius 1 is 1.50 bits per heavy atom. The normalized spacial score (nSPS) is 9.43. The molecule has 3 heteroatoms. The van der Waals surface area contributed by atoms with Gasteiger partial charge in [0.25, 0.3) is 0 Å². The summed E-state index contributed by atoms with van der Waals surface area (Å²) in [5, 5.41) is 0. The summed E-state index contributed by atoms with van der Waals surface area (Å²) in [5.41, 5.74) is 7.00. The molecule has 74 valence electrons. The van der Waals surface area contributed by atoms with Gasteiger partial charge in [0.1, 0.15) is 0 Å². The van der Waals surface area contributed by atoms with E-state index in [-0.39, 0.29) is 0 Å². The second-order valence-electron chi connectivity index (χ2n) is 2.82. The van der Waals surface area contributed by atoms with Gasteiger partial charge in [0.05, 0.1) is 6.61 Å². The number of hydrogen-bond donors (Lipinski definition) is 1. The second-order valence-corrected chi connectivity index (χ2v) is 2.82. The summed E-state index contributed by atoms with van der Waals surface area (Å²) in [6, 6.07) is 7.82. The molecule has 0 radical (unpaired) electrons. The molecule has 1 aromatic carbocycles. The van der Waals surface area contributed by atoms with Gasteiger partial charge < -0.3 is 10.5 Å². The lowest BCUT2D eigenvalue weighted by molar-refractivity contribution is 0.158. The van der Waals surface area contributed by atoms with Gasteiger partial charge in [-0.2, -0.15) is 0 Å². The minimum absolute atomic E-state index is 0.306. The summed E-state index contributed by atoms with van der Waals surface area (Å²) >= 11 is 0. The highest BCUT2D eigenvalue weighted by Gasteiger charge is 1.99. The maximum absolute atomic E-state index is 10.3. The van der Waals surface area contributed by atoms with Gasteiger partial charge in [-0.1, -0.05) is 36.9 Å². The van der Waals surface area contributed by atoms with E-state index in [1.165, 1.54) is 0 Å². The van der Waals surface area contributed by atoms with Crippen LogP contribution in [0.4, 0.5) is 4.79 Å². The minimum atomic E-state index is -0.735. The molecule has 1 aromatic rings. The third kappa shape index (κ3) is 2.94. The van der Waals surface area contributed by atoms with Crippen LogP contribution in [0.25, 0.3) is 6.08 Å². The number of hydrogen-bond acceptors (Lipinski definition) is 2. The molecule has 0 aliphatic rings. The lowest BCUT2D eigenvalue weighted by Crippen LogP contribution is -2.14. The summed E-state index contributed by atoms with van der Waals surface area (Å²) < 4.78 is 4.65. The Kier molecular flexibility index (Phi) is 3.73. The molecule has 0 atom stereocenters. The van der Waals surface area contributed by atoms with E-state index < -0.39 is 6.09 Å². The molecular weight excluding hydrogens is 178 g/mol. The quantitative estimate of drug-likeness (QED) is 0.791. The number of carbonyl (C=O) groups is 1. The first kappa shape index (κ1) is 10.3. The summed E-state index contributed by atoms with van der Waals surface area (Å²) in [5.74, 6) is 0. The molecule has 0 spiro atoms. The first-order valence-corrected chi connectivity index (χ1v) is 4.36. The van der Waals surface area contributed by atoms with Crippen LogP contribution in [0.2, 0.25) is 0 Å². The lowest BCUT2D eigenvalue weighted by Gasteiger charge is -2.05. The van der Waals surface area contributed by atoms with Crippen LogP contribution in [0, 0.1) is 0 Å². The van der Waals surface area contributed by atoms with Crippen molar-refractivity contribution in [3.8, 4) is 0 Å². The van der Waals surface area contributed by atoms with Gasteiger partial charge in [-0.25, -0.2) is 4.79 Å². The molecule has 0 aliphatic carbocycles. The number of benzene rings is 1. The Morgan fingerprint density at radius 2 is 2.21 bits per heavy atom. The van der Waals surface area contributed by atoms with Crippen molar-refractivity contribution in [1.82, 2.24) is 0 Å². The maximum Gasteiger partial charge on any atom is 0.404 e. The summed E-state index contributed by atoms with van der Waals surface area (Å²) in [6.07, 6.45) is 1.70. The number of nitrogens with two attached hydrogens (primary N) is 1. The summed E-state index contributed by atoms with van der Waals surface area (Å²) in [7, 11) is 0. The number of primary amides is 1. The molecule has 0 fully saturated rings. The number of carbonyl (C=O) groups excluding carboxylic acids is 1. The molecule has 0 saturated carbocycles. The van der Waals surface area contributed by atoms with E-state index >= 15 is 0 Å². The van der Waals surface area contributed by atoms with Gasteiger partial charge in [0, 0.05) is 6.42 Å². The smallest absolute Gasteiger partial charge is 0.404 e. The van der Waals surface area contributed by atoms with Crippen LogP contribution in [-0.2, 0) is 11.2 Å². The highest BCUT2D eigenvalue weighted by atomic mass is 16.5. The SMILES string of the molecule is C=Cc1ccccc1CCOC(N)=O. The van der Waals surface area contributed by atoms with Crippen molar-refractivity contribution < 1.29 is 9.53 Å². The molecule has 0 aromatic heterocycles. The van der Waals surface area contributed by atoms with Gasteiger partial charge in [-0.3, -0.25) is 0 Å². The van der Waals surface area contributed by atoms with Gasteiger partial charge in [-0.15, -0.1) is 0 Å². The zero-order valence-electron chi connectivity index (χ0n) is 7.90. The predicted octanol–water partition coefficient (Wildman–Crippen LogP) is 1.97. The van der Waals surface area contributed by atoms with Crippen LogP contribution in [0.5, 0.6) is 0 Å². The Balaban J connectivity index is 2.57. The Morgan fingerprint density at radius 3 is 2.86 bits per heavy atom. The Hall–Kier alpha value is -1.77. The fourth-order valence-corrected chi connectivity index (χ4v) is 1.22. The third-order valence-corrected chi connectivity index (χ3v) is 1.89. The molecule has 2 N–H and O–H groups in total. The molecule has 14 heavy (non-hydrogen) atoms. The number of ether oxygens (including phenoxy) is 1. The van der Waals surface area contributed by atoms with Crippen molar-refractivity contribution in [1.29, 1.82) is 0 Å². The zero-order valence-corrected chi connectivity index (χ0v) is 7.90. The first-order chi connectivity index (χ1) is 6.74. The molecule has 0 unspecified atom stereocenters. The van der Waals surface area contributed by atoms with Crippen molar-refractivity contribution in [3.63, 3.8) is 0 Å². The molecule has 3 nitrogen and oxygen atoms in total. The predicted molar refractivity (Wildman–Crippen MR) is 55.8 cm³/mol. The van der Waals surface area contributed by atoms with Crippen LogP contribution in [0.3, 0.4) is 0 Å². The van der Waals surface area contributed by atoms with Gasteiger partial charge >= 0.3 is 6.09 Å². The minimum Gasteiger partial charge on any atom is -0.449 e. The van der Waals surface area contributed by atoms with Crippen LogP contribution < -0.4 is 5.73 Å². The van der Waals surface area contributed by atoms with Gasteiger partial charge in [0.15, 0.2) is 0 Å². The average molecular weight is 191 g/mol. The van der Waals surface area contributed by atoms with E-state index in [1.54, 1.807) is 6.08 Å². The molecule has 0 saturated heterocycles. The van der Waals surface area contributed by atoms with Gasteiger partial charge in [-0.05, 0) is 11.1 Å². The van der Waals surface area contributed by atoms with Crippen LogP contribution >= 0.6 is 0 Å². The molecule has 0 heterocycles. The first-order valence-electron chi connectivity index (χ1n) is 4.36. The van der Waals surface area contributed by atoms with E-state index in [0.717, 1.165) is 11.1 Å². The second kappa shape index (κ2) is 5.07. The lowest BCUT2D eigenvalue weighted by atomic mass is 10.1. The highest BCUT2D eigenvalue weighted by molar-refractivity contribution is 5.64. The topological polar surface area (TPSA) is 52.3 Å². The zero-order chi connectivity index (χ0) is 10.4. The molecule has 1 rings (SSSR count). The fraction of sp³-hybridized carbons (Fsp3) is 0.182. The largest absolute Gasteiger partial charge is 0.449 e. The fourth-order valence-electron chi connectivity index (χ4n) is 1.22. The van der Waals surface area contributed by atoms with Crippen molar-refractivity contribution in [3.05, 3.63) is 42.0 Å². The number of rotatable bonds is 4. The van der Waals surface area contributed by atoms with E-state index in [9.17, 15) is 4.79 Å². The van der Waals surface area contributed by atoms with Gasteiger partial charge in [0.2, 0.25) is 0 Å². The van der Waals surface area contributed by atoms with Crippen molar-refractivity contribution in [2.24, 2.45) is 5.73 Å². The maximum atomic E-state index is 10.3. The van der Waals surface area contributed by atoms with E-state index in [1.807, 2.05) is 24.3 Å². The van der Waals surface area contributed by atoms with Crippen LogP contribution in [0.1, 0.15) is 11.1 Å². The summed E-state index contributed by atoms with van der Waals surface area (Å²) in [6.45, 7) is 4.01. The third-order valence-electron chi connectivity index (χ3n) is 1.89. The highest BCUT2D eigenvalue weighted by Crippen LogP contribution is 2.10. The molecule has 0 aliphatic heterocycles. The molecule has 0 bridgehead atoms. The van der Waals surface area contributed by atoms with E-state index in [0.29, 0.717) is 13.0 Å². The Bertz CT molecular complexity index is 334. The van der Waals surface area contributed by atoms with E-state index in [2.05, 4.69) is 11.3 Å². The van der Waals surface area contributed by atoms with Crippen molar-refractivity contribution in [2.75, 3.05) is 6.61 Å². The number of amides is 1. The van der Waals surface area contributed by atoms with Crippen LogP contribution in [0.15, 0.2) is 30.8 Å². The summed E-state index contributed by atoms with van der Waals surface area (Å²) in [4.78, 5) is 10.3. The molecular formula is C11H13NO2. The van der Waals surface area contributed by atoms with Crippen LogP contribution in [-0.4, -0.2) is 12.7 Å². The monoisotopic (exact) mass is 191 g/mol. The standard InChI is InChI=1S/C11H13NO2/c1-2-9-5-3-4-6-10(9)7-8-14-11(12)13/h2-6H,1,7-8H2,(H2,12,13). The molecule has 1 amide bonds. The van der Waals surface area contributed by atoms with E-state index in [4.69, 9.17) is 5.73 Å². The van der Waals surface area contributed by atoms with Crippen molar-refractivity contribution in [2.45, 2.75) is 6.42 Å².